The lowest BCUT2D eigenvalue weighted by molar-refractivity contribution is -0.111. The van der Waals surface area contributed by atoms with E-state index < -0.39 is 0 Å². The highest BCUT2D eigenvalue weighted by molar-refractivity contribution is 5.56. The van der Waals surface area contributed by atoms with E-state index in [-0.39, 0.29) is 5.92 Å². The van der Waals surface area contributed by atoms with Gasteiger partial charge in [0, 0.05) is 31.4 Å². The van der Waals surface area contributed by atoms with Crippen LogP contribution >= 0.6 is 0 Å². The highest BCUT2D eigenvalue weighted by Gasteiger charge is 2.24. The second-order valence-corrected chi connectivity index (χ2v) is 4.21. The van der Waals surface area contributed by atoms with E-state index in [2.05, 4.69) is 21.8 Å². The van der Waals surface area contributed by atoms with Gasteiger partial charge in [-0.3, -0.25) is 4.98 Å². The Bertz CT molecular complexity index is 328. The van der Waals surface area contributed by atoms with Crippen LogP contribution in [-0.4, -0.2) is 29.3 Å². The Balaban J connectivity index is 2.12. The summed E-state index contributed by atoms with van der Waals surface area (Å²) in [6.45, 7) is 3.90. The molecular formula is C11H15N3O. The van der Waals surface area contributed by atoms with Gasteiger partial charge in [0.2, 0.25) is 0 Å². The molecule has 0 aliphatic carbocycles. The Labute approximate surface area is 89.3 Å². The van der Waals surface area contributed by atoms with E-state index in [1.807, 2.05) is 0 Å². The van der Waals surface area contributed by atoms with Gasteiger partial charge >= 0.3 is 0 Å². The van der Waals surface area contributed by atoms with Gasteiger partial charge in [0.1, 0.15) is 12.1 Å². The molecule has 1 aromatic rings. The van der Waals surface area contributed by atoms with Gasteiger partial charge in [-0.25, -0.2) is 4.98 Å². The molecule has 1 saturated heterocycles. The first-order chi connectivity index (χ1) is 7.29. The number of carbonyl (C=O) groups excluding carboxylic acids is 1. The SMILES string of the molecule is CC1CC(C=O)CN(c2cnccn2)C1. The maximum Gasteiger partial charge on any atom is 0.147 e. The molecule has 80 valence electrons. The molecule has 2 unspecified atom stereocenters. The average molecular weight is 205 g/mol. The van der Waals surface area contributed by atoms with Gasteiger partial charge in [-0.05, 0) is 12.3 Å². The third-order valence-corrected chi connectivity index (χ3v) is 2.76. The summed E-state index contributed by atoms with van der Waals surface area (Å²) < 4.78 is 0. The highest BCUT2D eigenvalue weighted by atomic mass is 16.1. The Hall–Kier alpha value is -1.45. The summed E-state index contributed by atoms with van der Waals surface area (Å²) in [5, 5.41) is 0. The number of rotatable bonds is 2. The predicted octanol–water partition coefficient (Wildman–Crippen LogP) is 1.14. The van der Waals surface area contributed by atoms with Crippen LogP contribution in [-0.2, 0) is 4.79 Å². The lowest BCUT2D eigenvalue weighted by Gasteiger charge is -2.34. The van der Waals surface area contributed by atoms with Crippen LogP contribution < -0.4 is 4.90 Å². The molecule has 0 bridgehead atoms. The summed E-state index contributed by atoms with van der Waals surface area (Å²) in [7, 11) is 0. The van der Waals surface area contributed by atoms with Gasteiger partial charge in [-0.15, -0.1) is 0 Å². The zero-order valence-corrected chi connectivity index (χ0v) is 8.84. The Morgan fingerprint density at radius 2 is 2.33 bits per heavy atom. The second kappa shape index (κ2) is 4.38. The fourth-order valence-electron chi connectivity index (χ4n) is 2.14. The van der Waals surface area contributed by atoms with Crippen molar-refractivity contribution in [1.29, 1.82) is 0 Å². The van der Waals surface area contributed by atoms with Crippen molar-refractivity contribution in [2.75, 3.05) is 18.0 Å². The van der Waals surface area contributed by atoms with Crippen molar-refractivity contribution in [3.8, 4) is 0 Å². The minimum atomic E-state index is 0.135. The van der Waals surface area contributed by atoms with Crippen LogP contribution in [0.4, 0.5) is 5.82 Å². The van der Waals surface area contributed by atoms with Gasteiger partial charge in [0.15, 0.2) is 0 Å². The molecule has 1 aromatic heterocycles. The summed E-state index contributed by atoms with van der Waals surface area (Å²) in [6, 6.07) is 0. The monoisotopic (exact) mass is 205 g/mol. The lowest BCUT2D eigenvalue weighted by Crippen LogP contribution is -2.40. The summed E-state index contributed by atoms with van der Waals surface area (Å²) in [5.41, 5.74) is 0. The molecule has 2 atom stereocenters. The smallest absolute Gasteiger partial charge is 0.147 e. The number of piperidine rings is 1. The molecule has 15 heavy (non-hydrogen) atoms. The summed E-state index contributed by atoms with van der Waals surface area (Å²) in [5.74, 6) is 1.54. The molecule has 0 amide bonds. The summed E-state index contributed by atoms with van der Waals surface area (Å²) >= 11 is 0. The van der Waals surface area contributed by atoms with E-state index in [4.69, 9.17) is 0 Å². The van der Waals surface area contributed by atoms with Crippen LogP contribution in [0, 0.1) is 11.8 Å². The van der Waals surface area contributed by atoms with Crippen molar-refractivity contribution in [2.24, 2.45) is 11.8 Å². The van der Waals surface area contributed by atoms with Gasteiger partial charge in [-0.1, -0.05) is 6.92 Å². The molecular weight excluding hydrogens is 190 g/mol. The molecule has 4 heteroatoms. The van der Waals surface area contributed by atoms with Gasteiger partial charge < -0.3 is 9.69 Å². The largest absolute Gasteiger partial charge is 0.354 e. The number of carbonyl (C=O) groups is 1. The molecule has 0 radical (unpaired) electrons. The molecule has 1 aliphatic heterocycles. The number of anilines is 1. The standard InChI is InChI=1S/C11H15N3O/c1-9-4-10(8-15)7-14(6-9)11-5-12-2-3-13-11/h2-3,5,8-10H,4,6-7H2,1H3. The van der Waals surface area contributed by atoms with Crippen LogP contribution in [0.5, 0.6) is 0 Å². The summed E-state index contributed by atoms with van der Waals surface area (Å²) in [6.07, 6.45) is 7.14. The molecule has 2 rings (SSSR count). The molecule has 0 aromatic carbocycles. The number of hydrogen-bond donors (Lipinski definition) is 0. The maximum atomic E-state index is 10.8. The number of nitrogens with zero attached hydrogens (tertiary/aromatic N) is 3. The van der Waals surface area contributed by atoms with Gasteiger partial charge in [-0.2, -0.15) is 0 Å². The van der Waals surface area contributed by atoms with Gasteiger partial charge in [0.05, 0.1) is 6.20 Å². The van der Waals surface area contributed by atoms with Crippen molar-refractivity contribution >= 4 is 12.1 Å². The molecule has 0 N–H and O–H groups in total. The second-order valence-electron chi connectivity index (χ2n) is 4.21. The third-order valence-electron chi connectivity index (χ3n) is 2.76. The van der Waals surface area contributed by atoms with Crippen molar-refractivity contribution in [3.63, 3.8) is 0 Å². The van der Waals surface area contributed by atoms with Crippen molar-refractivity contribution in [3.05, 3.63) is 18.6 Å². The van der Waals surface area contributed by atoms with Crippen molar-refractivity contribution in [1.82, 2.24) is 9.97 Å². The van der Waals surface area contributed by atoms with Crippen LogP contribution in [0.15, 0.2) is 18.6 Å². The van der Waals surface area contributed by atoms with E-state index in [0.717, 1.165) is 31.6 Å². The minimum absolute atomic E-state index is 0.135. The molecule has 0 spiro atoms. The molecule has 4 nitrogen and oxygen atoms in total. The number of hydrogen-bond acceptors (Lipinski definition) is 4. The van der Waals surface area contributed by atoms with Crippen LogP contribution in [0.2, 0.25) is 0 Å². The van der Waals surface area contributed by atoms with Crippen LogP contribution in [0.3, 0.4) is 0 Å². The summed E-state index contributed by atoms with van der Waals surface area (Å²) in [4.78, 5) is 21.3. The first-order valence-corrected chi connectivity index (χ1v) is 5.26. The first kappa shape index (κ1) is 10.1. The maximum absolute atomic E-state index is 10.8. The van der Waals surface area contributed by atoms with Crippen molar-refractivity contribution < 1.29 is 4.79 Å². The van der Waals surface area contributed by atoms with Crippen molar-refractivity contribution in [2.45, 2.75) is 13.3 Å². The molecule has 1 fully saturated rings. The average Bonchev–Trinajstić information content (AvgIpc) is 2.29. The van der Waals surface area contributed by atoms with E-state index >= 15 is 0 Å². The molecule has 1 aliphatic rings. The van der Waals surface area contributed by atoms with E-state index in [1.165, 1.54) is 0 Å². The lowest BCUT2D eigenvalue weighted by atomic mass is 9.91. The van der Waals surface area contributed by atoms with Gasteiger partial charge in [0.25, 0.3) is 0 Å². The quantitative estimate of drug-likeness (QED) is 0.679. The topological polar surface area (TPSA) is 46.1 Å². The predicted molar refractivity (Wildman–Crippen MR) is 57.6 cm³/mol. The molecule has 0 saturated carbocycles. The fraction of sp³-hybridized carbons (Fsp3) is 0.545. The van der Waals surface area contributed by atoms with E-state index in [0.29, 0.717) is 5.92 Å². The zero-order chi connectivity index (χ0) is 10.7. The van der Waals surface area contributed by atoms with E-state index in [9.17, 15) is 4.79 Å². The Morgan fingerprint density at radius 3 is 3.00 bits per heavy atom. The Kier molecular flexibility index (Phi) is 2.94. The van der Waals surface area contributed by atoms with Crippen LogP contribution in [0.25, 0.3) is 0 Å². The first-order valence-electron chi connectivity index (χ1n) is 5.26. The highest BCUT2D eigenvalue weighted by Crippen LogP contribution is 2.23. The number of aldehydes is 1. The number of aromatic nitrogens is 2. The zero-order valence-electron chi connectivity index (χ0n) is 8.84. The normalized spacial score (nSPS) is 26.3. The Morgan fingerprint density at radius 1 is 1.47 bits per heavy atom. The van der Waals surface area contributed by atoms with Crippen LogP contribution in [0.1, 0.15) is 13.3 Å². The third kappa shape index (κ3) is 2.32. The van der Waals surface area contributed by atoms with E-state index in [1.54, 1.807) is 18.6 Å². The molecule has 2 heterocycles. The fourth-order valence-corrected chi connectivity index (χ4v) is 2.14. The minimum Gasteiger partial charge on any atom is -0.354 e.